The van der Waals surface area contributed by atoms with Crippen LogP contribution in [0.1, 0.15) is 81.1 Å². The number of nitrogens with one attached hydrogen (secondary N) is 1. The van der Waals surface area contributed by atoms with Gasteiger partial charge in [-0.25, -0.2) is 9.59 Å². The molecule has 0 aliphatic heterocycles. The van der Waals surface area contributed by atoms with E-state index in [1.807, 2.05) is 0 Å². The van der Waals surface area contributed by atoms with Crippen LogP contribution in [0.25, 0.3) is 0 Å². The number of alkyl carbamates (subject to hydrolysis) is 1. The van der Waals surface area contributed by atoms with E-state index in [1.54, 1.807) is 25.7 Å². The summed E-state index contributed by atoms with van der Waals surface area (Å²) in [5.74, 6) is 0.692. The monoisotopic (exact) mass is 372 g/mol. The molecule has 0 bridgehead atoms. The minimum absolute atomic E-state index is 0.346. The maximum absolute atomic E-state index is 12.6. The fraction of sp³-hybridized carbons (Fsp3) is 0.900. The number of hydrogen-bond donors (Lipinski definition) is 1. The SMILES string of the molecule is CCCCCC(NC(=O)OC(C)(C)C)OC(=O)N(CC(C)C)CC(C)C. The van der Waals surface area contributed by atoms with Gasteiger partial charge < -0.3 is 14.4 Å². The van der Waals surface area contributed by atoms with E-state index >= 15 is 0 Å². The van der Waals surface area contributed by atoms with Gasteiger partial charge in [0.25, 0.3) is 0 Å². The molecule has 0 aromatic rings. The van der Waals surface area contributed by atoms with Crippen molar-refractivity contribution >= 4 is 12.2 Å². The molecule has 154 valence electrons. The highest BCUT2D eigenvalue weighted by Gasteiger charge is 2.25. The molecule has 0 aromatic carbocycles. The first-order valence-corrected chi connectivity index (χ1v) is 9.89. The Morgan fingerprint density at radius 2 is 1.54 bits per heavy atom. The summed E-state index contributed by atoms with van der Waals surface area (Å²) in [5, 5.41) is 2.69. The number of hydrogen-bond acceptors (Lipinski definition) is 4. The van der Waals surface area contributed by atoms with Gasteiger partial charge in [-0.05, 0) is 39.0 Å². The highest BCUT2D eigenvalue weighted by atomic mass is 16.6. The lowest BCUT2D eigenvalue weighted by atomic mass is 10.1. The minimum atomic E-state index is -0.675. The lowest BCUT2D eigenvalue weighted by Crippen LogP contribution is -2.45. The normalized spacial score (nSPS) is 12.8. The summed E-state index contributed by atoms with van der Waals surface area (Å²) in [6, 6.07) is 0. The predicted molar refractivity (Wildman–Crippen MR) is 105 cm³/mol. The average Bonchev–Trinajstić information content (AvgIpc) is 2.43. The molecule has 6 nitrogen and oxygen atoms in total. The molecule has 1 unspecified atom stereocenters. The van der Waals surface area contributed by atoms with Crippen LogP contribution >= 0.6 is 0 Å². The fourth-order valence-corrected chi connectivity index (χ4v) is 2.48. The summed E-state index contributed by atoms with van der Waals surface area (Å²) in [6.07, 6.45) is 1.90. The average molecular weight is 373 g/mol. The molecule has 0 aromatic heterocycles. The molecule has 6 heteroatoms. The van der Waals surface area contributed by atoms with Crippen LogP contribution in [-0.4, -0.2) is 42.0 Å². The third-order valence-electron chi connectivity index (χ3n) is 3.42. The standard InChI is InChI=1S/C20H40N2O4/c1-9-10-11-12-17(21-18(23)26-20(6,7)8)25-19(24)22(13-15(2)3)14-16(4)5/h15-17H,9-14H2,1-8H3,(H,21,23). The second kappa shape index (κ2) is 12.0. The summed E-state index contributed by atoms with van der Waals surface area (Å²) in [7, 11) is 0. The number of unbranched alkanes of at least 4 members (excludes halogenated alkanes) is 2. The van der Waals surface area contributed by atoms with Crippen LogP contribution in [-0.2, 0) is 9.47 Å². The molecular formula is C20H40N2O4. The van der Waals surface area contributed by atoms with Crippen LogP contribution in [0.5, 0.6) is 0 Å². The number of carbonyl (C=O) groups is 2. The first-order valence-electron chi connectivity index (χ1n) is 9.89. The molecule has 0 aliphatic rings. The fourth-order valence-electron chi connectivity index (χ4n) is 2.48. The Hall–Kier alpha value is -1.46. The van der Waals surface area contributed by atoms with E-state index in [1.165, 1.54) is 0 Å². The molecule has 0 radical (unpaired) electrons. The van der Waals surface area contributed by atoms with Crippen LogP contribution in [0, 0.1) is 11.8 Å². The maximum Gasteiger partial charge on any atom is 0.411 e. The molecule has 0 aliphatic carbocycles. The topological polar surface area (TPSA) is 67.9 Å². The largest absolute Gasteiger partial charge is 0.444 e. The third kappa shape index (κ3) is 12.8. The molecule has 1 atom stereocenters. The van der Waals surface area contributed by atoms with Crippen molar-refractivity contribution in [3.63, 3.8) is 0 Å². The molecule has 0 fully saturated rings. The van der Waals surface area contributed by atoms with Crippen LogP contribution < -0.4 is 5.32 Å². The van der Waals surface area contributed by atoms with Crippen molar-refractivity contribution in [2.75, 3.05) is 13.1 Å². The molecule has 2 amide bonds. The zero-order valence-corrected chi connectivity index (χ0v) is 18.1. The zero-order chi connectivity index (χ0) is 20.3. The molecule has 0 saturated heterocycles. The summed E-state index contributed by atoms with van der Waals surface area (Å²) >= 11 is 0. The van der Waals surface area contributed by atoms with Gasteiger partial charge in [0.2, 0.25) is 0 Å². The molecule has 0 saturated carbocycles. The van der Waals surface area contributed by atoms with Gasteiger partial charge in [-0.1, -0.05) is 47.5 Å². The molecule has 0 heterocycles. The summed E-state index contributed by atoms with van der Waals surface area (Å²) in [5.41, 5.74) is -0.594. The van der Waals surface area contributed by atoms with Gasteiger partial charge in [0, 0.05) is 19.5 Å². The summed E-state index contributed by atoms with van der Waals surface area (Å²) in [6.45, 7) is 17.0. The van der Waals surface area contributed by atoms with Gasteiger partial charge >= 0.3 is 12.2 Å². The van der Waals surface area contributed by atoms with E-state index in [9.17, 15) is 9.59 Å². The lowest BCUT2D eigenvalue weighted by Gasteiger charge is -2.29. The zero-order valence-electron chi connectivity index (χ0n) is 18.1. The smallest absolute Gasteiger partial charge is 0.411 e. The van der Waals surface area contributed by atoms with E-state index in [4.69, 9.17) is 9.47 Å². The van der Waals surface area contributed by atoms with Gasteiger partial charge in [-0.15, -0.1) is 0 Å². The Labute approximate surface area is 160 Å². The van der Waals surface area contributed by atoms with Crippen molar-refractivity contribution in [3.05, 3.63) is 0 Å². The van der Waals surface area contributed by atoms with Crippen LogP contribution in [0.3, 0.4) is 0 Å². The Bertz CT molecular complexity index is 407. The lowest BCUT2D eigenvalue weighted by molar-refractivity contribution is 0.0151. The second-order valence-corrected chi connectivity index (χ2v) is 8.71. The molecule has 0 spiro atoms. The van der Waals surface area contributed by atoms with Crippen molar-refractivity contribution in [1.82, 2.24) is 10.2 Å². The summed E-state index contributed by atoms with van der Waals surface area (Å²) in [4.78, 5) is 26.4. The molecule has 26 heavy (non-hydrogen) atoms. The van der Waals surface area contributed by atoms with E-state index in [-0.39, 0.29) is 6.09 Å². The Morgan fingerprint density at radius 3 is 1.96 bits per heavy atom. The van der Waals surface area contributed by atoms with E-state index in [2.05, 4.69) is 39.9 Å². The van der Waals surface area contributed by atoms with Crippen molar-refractivity contribution in [2.24, 2.45) is 11.8 Å². The van der Waals surface area contributed by atoms with Crippen molar-refractivity contribution < 1.29 is 19.1 Å². The van der Waals surface area contributed by atoms with Gasteiger partial charge in [0.15, 0.2) is 6.23 Å². The van der Waals surface area contributed by atoms with Gasteiger partial charge in [-0.3, -0.25) is 5.32 Å². The highest BCUT2D eigenvalue weighted by molar-refractivity contribution is 5.70. The maximum atomic E-state index is 12.6. The highest BCUT2D eigenvalue weighted by Crippen LogP contribution is 2.12. The Balaban J connectivity index is 4.93. The van der Waals surface area contributed by atoms with Crippen LogP contribution in [0.15, 0.2) is 0 Å². The second-order valence-electron chi connectivity index (χ2n) is 8.71. The van der Waals surface area contributed by atoms with E-state index in [0.717, 1.165) is 19.3 Å². The van der Waals surface area contributed by atoms with Crippen molar-refractivity contribution in [3.8, 4) is 0 Å². The van der Waals surface area contributed by atoms with Gasteiger partial charge in [-0.2, -0.15) is 0 Å². The van der Waals surface area contributed by atoms with Crippen LogP contribution in [0.4, 0.5) is 9.59 Å². The van der Waals surface area contributed by atoms with Crippen molar-refractivity contribution in [2.45, 2.75) is 92.9 Å². The first kappa shape index (κ1) is 24.5. The number of nitrogens with zero attached hydrogens (tertiary/aromatic N) is 1. The number of ether oxygens (including phenoxy) is 2. The molecule has 0 rings (SSSR count). The Morgan fingerprint density at radius 1 is 1.00 bits per heavy atom. The minimum Gasteiger partial charge on any atom is -0.444 e. The van der Waals surface area contributed by atoms with Crippen LogP contribution in [0.2, 0.25) is 0 Å². The third-order valence-corrected chi connectivity index (χ3v) is 3.42. The van der Waals surface area contributed by atoms with E-state index < -0.39 is 17.9 Å². The summed E-state index contributed by atoms with van der Waals surface area (Å²) < 4.78 is 10.9. The number of carbonyl (C=O) groups excluding carboxylic acids is 2. The molecule has 1 N–H and O–H groups in total. The Kier molecular flexibility index (Phi) is 11.3. The molecular weight excluding hydrogens is 332 g/mol. The van der Waals surface area contributed by atoms with E-state index in [0.29, 0.717) is 31.3 Å². The quantitative estimate of drug-likeness (QED) is 0.424. The van der Waals surface area contributed by atoms with Gasteiger partial charge in [0.05, 0.1) is 0 Å². The number of rotatable bonds is 10. The van der Waals surface area contributed by atoms with Crippen molar-refractivity contribution in [1.29, 1.82) is 0 Å². The first-order chi connectivity index (χ1) is 11.9. The predicted octanol–water partition coefficient (Wildman–Crippen LogP) is 5.17. The number of amides is 2. The van der Waals surface area contributed by atoms with Gasteiger partial charge in [0.1, 0.15) is 5.60 Å².